The van der Waals surface area contributed by atoms with Crippen LogP contribution in [0.15, 0.2) is 46.9 Å². The van der Waals surface area contributed by atoms with E-state index in [-0.39, 0.29) is 18.4 Å². The van der Waals surface area contributed by atoms with E-state index in [9.17, 15) is 14.0 Å². The summed E-state index contributed by atoms with van der Waals surface area (Å²) in [6, 6.07) is 11.2. The SMILES string of the molecule is Cc1ccc(NC(=O)CN(C)C(=O)c2ccc(F)cc2Br)cc1. The molecule has 0 unspecified atom stereocenters. The predicted octanol–water partition coefficient (Wildman–Crippen LogP) is 3.61. The Kier molecular flexibility index (Phi) is 5.50. The van der Waals surface area contributed by atoms with Crippen LogP contribution in [0.4, 0.5) is 10.1 Å². The first kappa shape index (κ1) is 17.1. The standard InChI is InChI=1S/C17H16BrFN2O2/c1-11-3-6-13(7-4-11)20-16(22)10-21(2)17(23)14-8-5-12(19)9-15(14)18/h3-9H,10H2,1-2H3,(H,20,22). The number of nitrogens with zero attached hydrogens (tertiary/aromatic N) is 1. The van der Waals surface area contributed by atoms with Crippen LogP contribution in [0.25, 0.3) is 0 Å². The fourth-order valence-electron chi connectivity index (χ4n) is 1.99. The number of anilines is 1. The summed E-state index contributed by atoms with van der Waals surface area (Å²) in [6.07, 6.45) is 0. The first-order chi connectivity index (χ1) is 10.9. The van der Waals surface area contributed by atoms with E-state index >= 15 is 0 Å². The van der Waals surface area contributed by atoms with Gasteiger partial charge < -0.3 is 10.2 Å². The number of carbonyl (C=O) groups excluding carboxylic acids is 2. The number of hydrogen-bond acceptors (Lipinski definition) is 2. The first-order valence-corrected chi connectivity index (χ1v) is 7.73. The highest BCUT2D eigenvalue weighted by Gasteiger charge is 2.17. The topological polar surface area (TPSA) is 49.4 Å². The Morgan fingerprint density at radius 3 is 2.43 bits per heavy atom. The van der Waals surface area contributed by atoms with Gasteiger partial charge in [-0.25, -0.2) is 4.39 Å². The van der Waals surface area contributed by atoms with Crippen molar-refractivity contribution in [2.24, 2.45) is 0 Å². The molecule has 1 N–H and O–H groups in total. The molecule has 0 radical (unpaired) electrons. The summed E-state index contributed by atoms with van der Waals surface area (Å²) in [5.74, 6) is -1.10. The van der Waals surface area contributed by atoms with Crippen LogP contribution >= 0.6 is 15.9 Å². The maximum Gasteiger partial charge on any atom is 0.255 e. The van der Waals surface area contributed by atoms with Gasteiger partial charge >= 0.3 is 0 Å². The summed E-state index contributed by atoms with van der Waals surface area (Å²) < 4.78 is 13.4. The van der Waals surface area contributed by atoms with Gasteiger partial charge in [-0.05, 0) is 53.2 Å². The third-order valence-corrected chi connectivity index (χ3v) is 3.88. The average Bonchev–Trinajstić information content (AvgIpc) is 2.49. The van der Waals surface area contributed by atoms with Crippen LogP contribution in [0.2, 0.25) is 0 Å². The fraction of sp³-hybridized carbons (Fsp3) is 0.176. The summed E-state index contributed by atoms with van der Waals surface area (Å²) in [5.41, 5.74) is 2.07. The molecule has 2 aromatic rings. The van der Waals surface area contributed by atoms with Gasteiger partial charge in [0.25, 0.3) is 5.91 Å². The van der Waals surface area contributed by atoms with Gasteiger partial charge in [-0.15, -0.1) is 0 Å². The molecule has 0 aliphatic carbocycles. The number of hydrogen-bond donors (Lipinski definition) is 1. The van der Waals surface area contributed by atoms with Gasteiger partial charge in [0.2, 0.25) is 5.91 Å². The highest BCUT2D eigenvalue weighted by molar-refractivity contribution is 9.10. The third kappa shape index (κ3) is 4.63. The number of carbonyl (C=O) groups is 2. The monoisotopic (exact) mass is 378 g/mol. The number of amides is 2. The predicted molar refractivity (Wildman–Crippen MR) is 90.9 cm³/mol. The molecule has 2 amide bonds. The highest BCUT2D eigenvalue weighted by atomic mass is 79.9. The number of benzene rings is 2. The summed E-state index contributed by atoms with van der Waals surface area (Å²) >= 11 is 3.15. The van der Waals surface area contributed by atoms with Crippen LogP contribution < -0.4 is 5.32 Å². The smallest absolute Gasteiger partial charge is 0.255 e. The average molecular weight is 379 g/mol. The minimum absolute atomic E-state index is 0.101. The zero-order chi connectivity index (χ0) is 17.0. The Bertz CT molecular complexity index is 732. The zero-order valence-corrected chi connectivity index (χ0v) is 14.4. The number of aryl methyl sites for hydroxylation is 1. The Balaban J connectivity index is 2.00. The van der Waals surface area contributed by atoms with Gasteiger partial charge in [-0.3, -0.25) is 9.59 Å². The van der Waals surface area contributed by atoms with Gasteiger partial charge in [0.15, 0.2) is 0 Å². The van der Waals surface area contributed by atoms with Gasteiger partial charge in [0.1, 0.15) is 5.82 Å². The van der Waals surface area contributed by atoms with Crippen molar-refractivity contribution in [1.82, 2.24) is 4.90 Å². The molecule has 0 fully saturated rings. The molecule has 0 saturated carbocycles. The molecule has 0 aliphatic heterocycles. The highest BCUT2D eigenvalue weighted by Crippen LogP contribution is 2.19. The van der Waals surface area contributed by atoms with Crippen LogP contribution in [-0.4, -0.2) is 30.3 Å². The third-order valence-electron chi connectivity index (χ3n) is 3.22. The molecule has 0 saturated heterocycles. The molecule has 2 rings (SSSR count). The van der Waals surface area contributed by atoms with Gasteiger partial charge in [-0.1, -0.05) is 17.7 Å². The molecule has 0 aromatic heterocycles. The van der Waals surface area contributed by atoms with E-state index in [1.807, 2.05) is 19.1 Å². The summed E-state index contributed by atoms with van der Waals surface area (Å²) in [5, 5.41) is 2.73. The van der Waals surface area contributed by atoms with E-state index in [0.717, 1.165) is 5.56 Å². The Morgan fingerprint density at radius 2 is 1.83 bits per heavy atom. The van der Waals surface area contributed by atoms with Crippen molar-refractivity contribution >= 4 is 33.4 Å². The molecular formula is C17H16BrFN2O2. The lowest BCUT2D eigenvalue weighted by atomic mass is 10.2. The van der Waals surface area contributed by atoms with Crippen LogP contribution in [0.3, 0.4) is 0 Å². The summed E-state index contributed by atoms with van der Waals surface area (Å²) in [6.45, 7) is 1.86. The maximum atomic E-state index is 13.1. The molecule has 0 atom stereocenters. The van der Waals surface area contributed by atoms with E-state index < -0.39 is 5.82 Å². The molecule has 0 spiro atoms. The summed E-state index contributed by atoms with van der Waals surface area (Å²) in [4.78, 5) is 25.6. The lowest BCUT2D eigenvalue weighted by Gasteiger charge is -2.17. The van der Waals surface area contributed by atoms with E-state index in [0.29, 0.717) is 15.7 Å². The van der Waals surface area contributed by atoms with E-state index in [2.05, 4.69) is 21.2 Å². The van der Waals surface area contributed by atoms with Crippen LogP contribution in [0.1, 0.15) is 15.9 Å². The number of halogens is 2. The van der Waals surface area contributed by atoms with Crippen molar-refractivity contribution in [1.29, 1.82) is 0 Å². The van der Waals surface area contributed by atoms with Crippen LogP contribution in [0, 0.1) is 12.7 Å². The van der Waals surface area contributed by atoms with E-state index in [4.69, 9.17) is 0 Å². The molecule has 0 aliphatic rings. The molecule has 2 aromatic carbocycles. The summed E-state index contributed by atoms with van der Waals surface area (Å²) in [7, 11) is 1.52. The quantitative estimate of drug-likeness (QED) is 0.883. The van der Waals surface area contributed by atoms with Gasteiger partial charge in [0.05, 0.1) is 12.1 Å². The largest absolute Gasteiger partial charge is 0.332 e. The Morgan fingerprint density at radius 1 is 1.17 bits per heavy atom. The van der Waals surface area contributed by atoms with E-state index in [1.54, 1.807) is 12.1 Å². The van der Waals surface area contributed by atoms with Crippen molar-refractivity contribution in [3.63, 3.8) is 0 Å². The second-order valence-electron chi connectivity index (χ2n) is 5.20. The van der Waals surface area contributed by atoms with Crippen molar-refractivity contribution in [3.8, 4) is 0 Å². The second-order valence-corrected chi connectivity index (χ2v) is 6.05. The minimum atomic E-state index is -0.437. The first-order valence-electron chi connectivity index (χ1n) is 6.94. The molecular weight excluding hydrogens is 363 g/mol. The lowest BCUT2D eigenvalue weighted by molar-refractivity contribution is -0.116. The molecule has 4 nitrogen and oxygen atoms in total. The zero-order valence-electron chi connectivity index (χ0n) is 12.8. The number of likely N-dealkylation sites (N-methyl/N-ethyl adjacent to an activating group) is 1. The Labute approximate surface area is 142 Å². The number of nitrogens with one attached hydrogen (secondary N) is 1. The van der Waals surface area contributed by atoms with Gasteiger partial charge in [-0.2, -0.15) is 0 Å². The number of rotatable bonds is 4. The molecule has 0 heterocycles. The molecule has 0 bridgehead atoms. The molecule has 6 heteroatoms. The maximum absolute atomic E-state index is 13.1. The van der Waals surface area contributed by atoms with Crippen molar-refractivity contribution in [3.05, 3.63) is 63.9 Å². The minimum Gasteiger partial charge on any atom is -0.332 e. The van der Waals surface area contributed by atoms with Crippen LogP contribution in [-0.2, 0) is 4.79 Å². The molecule has 120 valence electrons. The lowest BCUT2D eigenvalue weighted by Crippen LogP contribution is -2.35. The molecule has 23 heavy (non-hydrogen) atoms. The van der Waals surface area contributed by atoms with Crippen molar-refractivity contribution in [2.75, 3.05) is 18.9 Å². The van der Waals surface area contributed by atoms with Crippen molar-refractivity contribution < 1.29 is 14.0 Å². The van der Waals surface area contributed by atoms with E-state index in [1.165, 1.54) is 30.1 Å². The van der Waals surface area contributed by atoms with Gasteiger partial charge in [0, 0.05) is 17.2 Å². The fourth-order valence-corrected chi connectivity index (χ4v) is 2.51. The van der Waals surface area contributed by atoms with Crippen molar-refractivity contribution in [2.45, 2.75) is 6.92 Å². The second kappa shape index (κ2) is 7.37. The van der Waals surface area contributed by atoms with Crippen LogP contribution in [0.5, 0.6) is 0 Å². The Hall–Kier alpha value is -2.21. The normalized spacial score (nSPS) is 10.3.